The Balaban J connectivity index is 1.40. The van der Waals surface area contributed by atoms with Crippen LogP contribution in [0.15, 0.2) is 48.5 Å². The molecule has 0 aromatic heterocycles. The van der Waals surface area contributed by atoms with Crippen molar-refractivity contribution in [3.63, 3.8) is 0 Å². The number of carbonyl (C=O) groups is 1. The Morgan fingerprint density at radius 3 is 2.56 bits per heavy atom. The van der Waals surface area contributed by atoms with Crippen molar-refractivity contribution >= 4 is 17.5 Å². The number of carbonyl (C=O) groups excluding carboxylic acids is 1. The molecule has 2 unspecified atom stereocenters. The van der Waals surface area contributed by atoms with Crippen molar-refractivity contribution in [2.24, 2.45) is 0 Å². The van der Waals surface area contributed by atoms with Crippen molar-refractivity contribution in [3.05, 3.63) is 64.7 Å². The Morgan fingerprint density at radius 1 is 1.15 bits per heavy atom. The van der Waals surface area contributed by atoms with Crippen molar-refractivity contribution < 1.29 is 9.53 Å². The number of piperidine rings is 1. The molecule has 4 rings (SSSR count). The first-order valence-electron chi connectivity index (χ1n) is 9.59. The number of halogens is 1. The quantitative estimate of drug-likeness (QED) is 0.836. The molecule has 1 amide bonds. The number of fused-ring (bicyclic) bond motifs is 2. The summed E-state index contributed by atoms with van der Waals surface area (Å²) in [7, 11) is 1.93. The molecule has 2 bridgehead atoms. The lowest BCUT2D eigenvalue weighted by Crippen LogP contribution is -2.48. The summed E-state index contributed by atoms with van der Waals surface area (Å²) in [5.41, 5.74) is 1.72. The van der Waals surface area contributed by atoms with Gasteiger partial charge in [0.15, 0.2) is 0 Å². The van der Waals surface area contributed by atoms with Gasteiger partial charge in [-0.05, 0) is 61.6 Å². The van der Waals surface area contributed by atoms with E-state index >= 15 is 0 Å². The number of rotatable bonds is 5. The van der Waals surface area contributed by atoms with Crippen molar-refractivity contribution in [3.8, 4) is 5.75 Å². The van der Waals surface area contributed by atoms with E-state index in [0.29, 0.717) is 41.1 Å². The van der Waals surface area contributed by atoms with Gasteiger partial charge in [-0.15, -0.1) is 0 Å². The first-order valence-corrected chi connectivity index (χ1v) is 9.97. The van der Waals surface area contributed by atoms with Crippen LogP contribution in [-0.4, -0.2) is 36.0 Å². The summed E-state index contributed by atoms with van der Waals surface area (Å²) < 4.78 is 5.87. The zero-order chi connectivity index (χ0) is 18.8. The molecule has 2 heterocycles. The van der Waals surface area contributed by atoms with E-state index in [4.69, 9.17) is 16.3 Å². The summed E-state index contributed by atoms with van der Waals surface area (Å²) in [5, 5.41) is 4.34. The molecule has 4 nitrogen and oxygen atoms in total. The molecule has 142 valence electrons. The SMILES string of the molecule is CN(C(=O)c1cccc(OCc2ccc(Cl)cc2)c1)C1CC2CCC(C1)N2. The minimum absolute atomic E-state index is 0.0678. The van der Waals surface area contributed by atoms with Crippen LogP contribution in [0.4, 0.5) is 0 Å². The topological polar surface area (TPSA) is 41.6 Å². The molecule has 27 heavy (non-hydrogen) atoms. The number of hydrogen-bond acceptors (Lipinski definition) is 3. The molecule has 2 saturated heterocycles. The number of ether oxygens (including phenoxy) is 1. The van der Waals surface area contributed by atoms with Gasteiger partial charge in [-0.3, -0.25) is 4.79 Å². The Morgan fingerprint density at radius 2 is 1.85 bits per heavy atom. The van der Waals surface area contributed by atoms with Crippen molar-refractivity contribution in [1.82, 2.24) is 10.2 Å². The van der Waals surface area contributed by atoms with E-state index in [1.807, 2.05) is 60.5 Å². The molecular formula is C22H25ClN2O2. The molecule has 0 radical (unpaired) electrons. The van der Waals surface area contributed by atoms with Gasteiger partial charge in [-0.2, -0.15) is 0 Å². The highest BCUT2D eigenvalue weighted by molar-refractivity contribution is 6.30. The van der Waals surface area contributed by atoms with Gasteiger partial charge in [-0.25, -0.2) is 0 Å². The van der Waals surface area contributed by atoms with Gasteiger partial charge in [0, 0.05) is 35.8 Å². The van der Waals surface area contributed by atoms with Crippen LogP contribution in [0.3, 0.4) is 0 Å². The predicted molar refractivity (Wildman–Crippen MR) is 107 cm³/mol. The lowest BCUT2D eigenvalue weighted by Gasteiger charge is -2.35. The smallest absolute Gasteiger partial charge is 0.253 e. The van der Waals surface area contributed by atoms with E-state index in [1.54, 1.807) is 0 Å². The maximum Gasteiger partial charge on any atom is 0.253 e. The van der Waals surface area contributed by atoms with Crippen molar-refractivity contribution in [1.29, 1.82) is 0 Å². The van der Waals surface area contributed by atoms with Gasteiger partial charge in [0.05, 0.1) is 0 Å². The zero-order valence-electron chi connectivity index (χ0n) is 15.5. The summed E-state index contributed by atoms with van der Waals surface area (Å²) in [6.45, 7) is 0.447. The number of hydrogen-bond donors (Lipinski definition) is 1. The molecule has 2 aliphatic rings. The van der Waals surface area contributed by atoms with Gasteiger partial charge >= 0.3 is 0 Å². The van der Waals surface area contributed by atoms with Gasteiger partial charge in [0.1, 0.15) is 12.4 Å². The highest BCUT2D eigenvalue weighted by Gasteiger charge is 2.36. The van der Waals surface area contributed by atoms with Gasteiger partial charge in [-0.1, -0.05) is 29.8 Å². The Labute approximate surface area is 165 Å². The number of amides is 1. The average Bonchev–Trinajstić information content (AvgIpc) is 3.04. The zero-order valence-corrected chi connectivity index (χ0v) is 16.3. The lowest BCUT2D eigenvalue weighted by atomic mass is 9.98. The second-order valence-corrected chi connectivity index (χ2v) is 8.06. The molecule has 2 aromatic rings. The summed E-state index contributed by atoms with van der Waals surface area (Å²) in [5.74, 6) is 0.771. The maximum atomic E-state index is 13.0. The minimum atomic E-state index is 0.0678. The molecule has 2 atom stereocenters. The third-order valence-corrected chi connectivity index (χ3v) is 5.97. The van der Waals surface area contributed by atoms with Crippen LogP contribution in [0.1, 0.15) is 41.6 Å². The molecule has 1 N–H and O–H groups in total. The van der Waals surface area contributed by atoms with Crippen LogP contribution in [0.2, 0.25) is 5.02 Å². The molecule has 0 aliphatic carbocycles. The van der Waals surface area contributed by atoms with Gasteiger partial charge in [0.2, 0.25) is 0 Å². The first-order chi connectivity index (χ1) is 13.1. The van der Waals surface area contributed by atoms with Crippen LogP contribution in [0, 0.1) is 0 Å². The molecular weight excluding hydrogens is 360 g/mol. The fraction of sp³-hybridized carbons (Fsp3) is 0.409. The summed E-state index contributed by atoms with van der Waals surface area (Å²) >= 11 is 5.91. The minimum Gasteiger partial charge on any atom is -0.489 e. The molecule has 2 aromatic carbocycles. The first kappa shape index (κ1) is 18.3. The van der Waals surface area contributed by atoms with E-state index in [-0.39, 0.29) is 5.91 Å². The number of benzene rings is 2. The second-order valence-electron chi connectivity index (χ2n) is 7.62. The van der Waals surface area contributed by atoms with Gasteiger partial charge < -0.3 is 15.0 Å². The van der Waals surface area contributed by atoms with Crippen LogP contribution in [0.5, 0.6) is 5.75 Å². The Hall–Kier alpha value is -2.04. The Kier molecular flexibility index (Phi) is 5.37. The molecule has 5 heteroatoms. The summed E-state index contributed by atoms with van der Waals surface area (Å²) in [6, 6.07) is 16.5. The summed E-state index contributed by atoms with van der Waals surface area (Å²) in [4.78, 5) is 14.9. The third-order valence-electron chi connectivity index (χ3n) is 5.72. The highest BCUT2D eigenvalue weighted by atomic mass is 35.5. The van der Waals surface area contributed by atoms with E-state index in [1.165, 1.54) is 12.8 Å². The molecule has 2 fully saturated rings. The van der Waals surface area contributed by atoms with E-state index in [0.717, 1.165) is 18.4 Å². The lowest BCUT2D eigenvalue weighted by molar-refractivity contribution is 0.0681. The standard InChI is InChI=1S/C22H25ClN2O2/c1-25(20-12-18-9-10-19(13-20)24-18)22(26)16-3-2-4-21(11-16)27-14-15-5-7-17(23)8-6-15/h2-8,11,18-20,24H,9-10,12-14H2,1H3. The normalized spacial score (nSPS) is 23.9. The van der Waals surface area contributed by atoms with Crippen LogP contribution < -0.4 is 10.1 Å². The van der Waals surface area contributed by atoms with Gasteiger partial charge in [0.25, 0.3) is 5.91 Å². The number of nitrogens with one attached hydrogen (secondary N) is 1. The van der Waals surface area contributed by atoms with Crippen LogP contribution >= 0.6 is 11.6 Å². The maximum absolute atomic E-state index is 13.0. The third kappa shape index (κ3) is 4.28. The fourth-order valence-corrected chi connectivity index (χ4v) is 4.31. The average molecular weight is 385 g/mol. The van der Waals surface area contributed by atoms with Crippen molar-refractivity contribution in [2.45, 2.75) is 50.4 Å². The van der Waals surface area contributed by atoms with E-state index in [2.05, 4.69) is 5.32 Å². The largest absolute Gasteiger partial charge is 0.489 e. The molecule has 0 spiro atoms. The Bertz CT molecular complexity index is 796. The van der Waals surface area contributed by atoms with E-state index < -0.39 is 0 Å². The fourth-order valence-electron chi connectivity index (χ4n) is 4.18. The van der Waals surface area contributed by atoms with Crippen LogP contribution in [-0.2, 0) is 6.61 Å². The molecule has 0 saturated carbocycles. The van der Waals surface area contributed by atoms with Crippen LogP contribution in [0.25, 0.3) is 0 Å². The van der Waals surface area contributed by atoms with E-state index in [9.17, 15) is 4.79 Å². The monoisotopic (exact) mass is 384 g/mol. The number of nitrogens with zero attached hydrogens (tertiary/aromatic N) is 1. The highest BCUT2D eigenvalue weighted by Crippen LogP contribution is 2.30. The second kappa shape index (κ2) is 7.91. The predicted octanol–water partition coefficient (Wildman–Crippen LogP) is 4.27. The summed E-state index contributed by atoms with van der Waals surface area (Å²) in [6.07, 6.45) is 4.56. The molecule has 2 aliphatic heterocycles. The van der Waals surface area contributed by atoms with Crippen molar-refractivity contribution in [2.75, 3.05) is 7.05 Å².